The lowest BCUT2D eigenvalue weighted by Crippen LogP contribution is -2.45. The van der Waals surface area contributed by atoms with E-state index < -0.39 is 18.8 Å². The molecule has 0 radical (unpaired) electrons. The van der Waals surface area contributed by atoms with Gasteiger partial charge in [0.15, 0.2) is 0 Å². The number of hydrogen-bond donors (Lipinski definition) is 1. The lowest BCUT2D eigenvalue weighted by atomic mass is 10.4. The first-order valence-corrected chi connectivity index (χ1v) is 5.05. The molecule has 1 fully saturated rings. The Balaban J connectivity index is 2.35. The van der Waals surface area contributed by atoms with Crippen molar-refractivity contribution >= 4 is 6.03 Å². The predicted octanol–water partition coefficient (Wildman–Crippen LogP) is 2.13. The van der Waals surface area contributed by atoms with E-state index in [4.69, 9.17) is 0 Å². The zero-order valence-electron chi connectivity index (χ0n) is 8.60. The Morgan fingerprint density at radius 3 is 2.47 bits per heavy atom. The fraction of sp³-hybridized carbons (Fsp3) is 0.889. The topological polar surface area (TPSA) is 32.3 Å². The minimum absolute atomic E-state index is 0.151. The van der Waals surface area contributed by atoms with Crippen LogP contribution in [-0.2, 0) is 0 Å². The molecule has 0 heterocycles. The summed E-state index contributed by atoms with van der Waals surface area (Å²) in [6.45, 7) is 1.17. The van der Waals surface area contributed by atoms with Crippen LogP contribution in [0.5, 0.6) is 0 Å². The van der Waals surface area contributed by atoms with Gasteiger partial charge in [-0.25, -0.2) is 4.79 Å². The summed E-state index contributed by atoms with van der Waals surface area (Å²) in [7, 11) is 0. The number of carbonyl (C=O) groups excluding carboxylic acids is 1. The third-order valence-electron chi connectivity index (χ3n) is 2.15. The fourth-order valence-electron chi connectivity index (χ4n) is 1.35. The van der Waals surface area contributed by atoms with E-state index in [0.29, 0.717) is 6.54 Å². The molecule has 3 nitrogen and oxygen atoms in total. The van der Waals surface area contributed by atoms with Crippen LogP contribution in [0.2, 0.25) is 0 Å². The van der Waals surface area contributed by atoms with Gasteiger partial charge in [-0.2, -0.15) is 13.2 Å². The highest BCUT2D eigenvalue weighted by Crippen LogP contribution is 2.27. The van der Waals surface area contributed by atoms with E-state index in [1.807, 2.05) is 12.2 Å². The van der Waals surface area contributed by atoms with Crippen molar-refractivity contribution in [2.45, 2.75) is 38.4 Å². The van der Waals surface area contributed by atoms with Crippen molar-refractivity contribution in [3.05, 3.63) is 0 Å². The van der Waals surface area contributed by atoms with Crippen LogP contribution >= 0.6 is 0 Å². The average Bonchev–Trinajstić information content (AvgIpc) is 2.92. The first-order chi connectivity index (χ1) is 6.94. The molecule has 1 rings (SSSR count). The molecule has 0 aliphatic heterocycles. The molecule has 0 aromatic heterocycles. The normalized spacial score (nSPS) is 16.3. The van der Waals surface area contributed by atoms with Crippen LogP contribution in [0.1, 0.15) is 26.2 Å². The summed E-state index contributed by atoms with van der Waals surface area (Å²) in [5, 5.41) is 1.89. The van der Waals surface area contributed by atoms with Crippen LogP contribution in [0.25, 0.3) is 0 Å². The number of nitrogens with zero attached hydrogens (tertiary/aromatic N) is 1. The molecule has 88 valence electrons. The monoisotopic (exact) mass is 224 g/mol. The second-order valence-electron chi connectivity index (χ2n) is 3.70. The van der Waals surface area contributed by atoms with Crippen molar-refractivity contribution in [2.75, 3.05) is 13.1 Å². The third-order valence-corrected chi connectivity index (χ3v) is 2.15. The summed E-state index contributed by atoms with van der Waals surface area (Å²) in [6, 6.07) is -0.449. The van der Waals surface area contributed by atoms with Gasteiger partial charge in [0.05, 0.1) is 0 Å². The Morgan fingerprint density at radius 1 is 1.47 bits per heavy atom. The molecule has 0 bridgehead atoms. The quantitative estimate of drug-likeness (QED) is 0.779. The van der Waals surface area contributed by atoms with Gasteiger partial charge in [0, 0.05) is 12.6 Å². The van der Waals surface area contributed by atoms with Gasteiger partial charge in [-0.15, -0.1) is 0 Å². The first-order valence-electron chi connectivity index (χ1n) is 5.05. The minimum atomic E-state index is -4.34. The van der Waals surface area contributed by atoms with E-state index in [9.17, 15) is 18.0 Å². The maximum absolute atomic E-state index is 11.8. The zero-order chi connectivity index (χ0) is 11.5. The van der Waals surface area contributed by atoms with Crippen molar-refractivity contribution in [2.24, 2.45) is 0 Å². The third kappa shape index (κ3) is 4.40. The molecule has 0 aromatic rings. The summed E-state index contributed by atoms with van der Waals surface area (Å²) in [5.41, 5.74) is 0. The predicted molar refractivity (Wildman–Crippen MR) is 49.5 cm³/mol. The Morgan fingerprint density at radius 2 is 2.07 bits per heavy atom. The molecule has 0 unspecified atom stereocenters. The Bertz CT molecular complexity index is 226. The Kier molecular flexibility index (Phi) is 3.82. The van der Waals surface area contributed by atoms with E-state index in [1.165, 1.54) is 4.90 Å². The van der Waals surface area contributed by atoms with Crippen LogP contribution in [0.3, 0.4) is 0 Å². The number of rotatable bonds is 4. The SMILES string of the molecule is CCCN(C(=O)NCC(F)(F)F)C1CC1. The molecular weight excluding hydrogens is 209 g/mol. The number of urea groups is 1. The molecule has 0 aromatic carbocycles. The first kappa shape index (κ1) is 12.1. The van der Waals surface area contributed by atoms with Gasteiger partial charge in [0.1, 0.15) is 6.54 Å². The van der Waals surface area contributed by atoms with Crippen molar-refractivity contribution in [1.29, 1.82) is 0 Å². The van der Waals surface area contributed by atoms with Gasteiger partial charge < -0.3 is 10.2 Å². The lowest BCUT2D eigenvalue weighted by molar-refractivity contribution is -0.123. The second-order valence-corrected chi connectivity index (χ2v) is 3.70. The van der Waals surface area contributed by atoms with Crippen LogP contribution in [0.4, 0.5) is 18.0 Å². The van der Waals surface area contributed by atoms with E-state index >= 15 is 0 Å². The second kappa shape index (κ2) is 4.72. The standard InChI is InChI=1S/C9H15F3N2O/c1-2-5-14(7-3-4-7)8(15)13-6-9(10,11)12/h7H,2-6H2,1H3,(H,13,15). The average molecular weight is 224 g/mol. The maximum Gasteiger partial charge on any atom is 0.405 e. The Labute approximate surface area is 86.6 Å². The van der Waals surface area contributed by atoms with E-state index in [1.54, 1.807) is 0 Å². The highest BCUT2D eigenvalue weighted by atomic mass is 19.4. The highest BCUT2D eigenvalue weighted by Gasteiger charge is 2.34. The van der Waals surface area contributed by atoms with E-state index in [2.05, 4.69) is 0 Å². The number of halogens is 3. The molecule has 0 spiro atoms. The van der Waals surface area contributed by atoms with Gasteiger partial charge in [0.25, 0.3) is 0 Å². The number of nitrogens with one attached hydrogen (secondary N) is 1. The summed E-state index contributed by atoms with van der Waals surface area (Å²) in [4.78, 5) is 12.9. The van der Waals surface area contributed by atoms with Gasteiger partial charge in [0.2, 0.25) is 0 Å². The Hall–Kier alpha value is -0.940. The summed E-state index contributed by atoms with van der Waals surface area (Å²) < 4.78 is 35.5. The summed E-state index contributed by atoms with van der Waals surface area (Å²) >= 11 is 0. The van der Waals surface area contributed by atoms with Crippen molar-refractivity contribution in [3.63, 3.8) is 0 Å². The number of carbonyl (C=O) groups is 1. The van der Waals surface area contributed by atoms with Gasteiger partial charge in [-0.3, -0.25) is 0 Å². The zero-order valence-corrected chi connectivity index (χ0v) is 8.60. The molecule has 1 saturated carbocycles. The molecule has 2 amide bonds. The molecule has 0 atom stereocenters. The van der Waals surface area contributed by atoms with Gasteiger partial charge in [-0.05, 0) is 19.3 Å². The van der Waals surface area contributed by atoms with E-state index in [-0.39, 0.29) is 6.04 Å². The molecule has 1 N–H and O–H groups in total. The highest BCUT2D eigenvalue weighted by molar-refractivity contribution is 5.74. The fourth-order valence-corrected chi connectivity index (χ4v) is 1.35. The van der Waals surface area contributed by atoms with Crippen LogP contribution in [-0.4, -0.2) is 36.2 Å². The van der Waals surface area contributed by atoms with Crippen LogP contribution in [0.15, 0.2) is 0 Å². The number of amides is 2. The molecule has 6 heteroatoms. The minimum Gasteiger partial charge on any atom is -0.329 e. The van der Waals surface area contributed by atoms with Gasteiger partial charge in [-0.1, -0.05) is 6.92 Å². The largest absolute Gasteiger partial charge is 0.405 e. The van der Waals surface area contributed by atoms with Crippen LogP contribution < -0.4 is 5.32 Å². The van der Waals surface area contributed by atoms with Crippen molar-refractivity contribution in [3.8, 4) is 0 Å². The maximum atomic E-state index is 11.8. The molecule has 1 aliphatic carbocycles. The molecule has 1 aliphatic rings. The van der Waals surface area contributed by atoms with Crippen molar-refractivity contribution < 1.29 is 18.0 Å². The smallest absolute Gasteiger partial charge is 0.329 e. The molecule has 15 heavy (non-hydrogen) atoms. The van der Waals surface area contributed by atoms with Crippen LogP contribution in [0, 0.1) is 0 Å². The number of alkyl halides is 3. The van der Waals surface area contributed by atoms with Gasteiger partial charge >= 0.3 is 12.2 Å². The number of hydrogen-bond acceptors (Lipinski definition) is 1. The summed E-state index contributed by atoms with van der Waals surface area (Å²) in [5.74, 6) is 0. The molecule has 0 saturated heterocycles. The lowest BCUT2D eigenvalue weighted by Gasteiger charge is -2.22. The van der Waals surface area contributed by atoms with Crippen molar-refractivity contribution in [1.82, 2.24) is 10.2 Å². The summed E-state index contributed by atoms with van der Waals surface area (Å²) in [6.07, 6.45) is -1.77. The molecular formula is C9H15F3N2O. The van der Waals surface area contributed by atoms with E-state index in [0.717, 1.165) is 19.3 Å².